The fraction of sp³-hybridized carbons (Fsp3) is 0.231. The number of fused-ring (bicyclic) bond motifs is 1. The Bertz CT molecular complexity index is 1490. The van der Waals surface area contributed by atoms with Gasteiger partial charge in [0.25, 0.3) is 10.0 Å². The predicted octanol–water partition coefficient (Wildman–Crippen LogP) is 5.00. The number of carbonyl (C=O) groups excluding carboxylic acids is 1. The van der Waals surface area contributed by atoms with Crippen molar-refractivity contribution in [2.24, 2.45) is 0 Å². The van der Waals surface area contributed by atoms with E-state index in [0.29, 0.717) is 42.8 Å². The summed E-state index contributed by atoms with van der Waals surface area (Å²) in [4.78, 5) is 17.2. The zero-order valence-corrected chi connectivity index (χ0v) is 21.7. The van der Waals surface area contributed by atoms with Crippen molar-refractivity contribution in [3.05, 3.63) is 88.4 Å². The summed E-state index contributed by atoms with van der Waals surface area (Å²) in [6, 6.07) is 19.9. The first-order valence-electron chi connectivity index (χ1n) is 11.5. The minimum absolute atomic E-state index is 0.156. The van der Waals surface area contributed by atoms with Crippen molar-refractivity contribution >= 4 is 49.6 Å². The van der Waals surface area contributed by atoms with Crippen molar-refractivity contribution in [3.8, 4) is 5.88 Å². The molecule has 186 valence electrons. The Kier molecular flexibility index (Phi) is 7.25. The number of amides is 1. The number of nitrogens with zero attached hydrogens (tertiary/aromatic N) is 2. The van der Waals surface area contributed by atoms with Gasteiger partial charge in [0.05, 0.1) is 4.34 Å². The van der Waals surface area contributed by atoms with Crippen LogP contribution in [0.1, 0.15) is 24.0 Å². The van der Waals surface area contributed by atoms with E-state index in [4.69, 9.17) is 16.3 Å². The molecule has 10 heteroatoms. The van der Waals surface area contributed by atoms with Crippen LogP contribution < -0.4 is 10.1 Å². The van der Waals surface area contributed by atoms with Gasteiger partial charge in [0.1, 0.15) is 16.9 Å². The molecule has 1 fully saturated rings. The second-order valence-corrected chi connectivity index (χ2v) is 12.4. The summed E-state index contributed by atoms with van der Waals surface area (Å²) < 4.78 is 33.6. The second kappa shape index (κ2) is 10.6. The van der Waals surface area contributed by atoms with E-state index in [2.05, 4.69) is 10.3 Å². The molecule has 0 radical (unpaired) electrons. The fourth-order valence-electron chi connectivity index (χ4n) is 4.20. The molecule has 0 bridgehead atoms. The molecular formula is C26H24ClN3O4S2. The topological polar surface area (TPSA) is 88.6 Å². The number of thiophene rings is 1. The van der Waals surface area contributed by atoms with Crippen LogP contribution in [0, 0.1) is 0 Å². The predicted molar refractivity (Wildman–Crippen MR) is 141 cm³/mol. The second-order valence-electron chi connectivity index (χ2n) is 8.52. The third-order valence-electron chi connectivity index (χ3n) is 6.10. The Labute approximate surface area is 218 Å². The Balaban J connectivity index is 1.16. The van der Waals surface area contributed by atoms with Gasteiger partial charge in [-0.05, 0) is 41.5 Å². The summed E-state index contributed by atoms with van der Waals surface area (Å²) in [6.07, 6.45) is 2.92. The molecule has 0 unspecified atom stereocenters. The van der Waals surface area contributed by atoms with Gasteiger partial charge in [0, 0.05) is 30.7 Å². The third kappa shape index (κ3) is 5.39. The summed E-state index contributed by atoms with van der Waals surface area (Å²) in [5, 5.41) is 5.02. The molecule has 3 heterocycles. The van der Waals surface area contributed by atoms with Crippen LogP contribution in [0.5, 0.6) is 5.88 Å². The molecule has 0 aliphatic carbocycles. The number of hydrogen-bond donors (Lipinski definition) is 1. The van der Waals surface area contributed by atoms with Gasteiger partial charge in [-0.2, -0.15) is 4.31 Å². The van der Waals surface area contributed by atoms with Crippen molar-refractivity contribution in [2.75, 3.05) is 6.54 Å². The Morgan fingerprint density at radius 3 is 2.58 bits per heavy atom. The van der Waals surface area contributed by atoms with Gasteiger partial charge in [0.15, 0.2) is 0 Å². The number of hydrogen-bond acceptors (Lipinski definition) is 6. The smallest absolute Gasteiger partial charge is 0.253 e. The monoisotopic (exact) mass is 541 g/mol. The molecular weight excluding hydrogens is 518 g/mol. The van der Waals surface area contributed by atoms with E-state index in [9.17, 15) is 13.2 Å². The highest BCUT2D eigenvalue weighted by atomic mass is 35.5. The maximum absolute atomic E-state index is 13.0. The molecule has 36 heavy (non-hydrogen) atoms. The Morgan fingerprint density at radius 2 is 1.83 bits per heavy atom. The van der Waals surface area contributed by atoms with E-state index in [1.54, 1.807) is 12.3 Å². The van der Waals surface area contributed by atoms with Crippen molar-refractivity contribution in [1.82, 2.24) is 14.6 Å². The summed E-state index contributed by atoms with van der Waals surface area (Å²) in [5.74, 6) is 0.263. The number of ether oxygens (including phenoxy) is 1. The van der Waals surface area contributed by atoms with Crippen molar-refractivity contribution in [3.63, 3.8) is 0 Å². The maximum Gasteiger partial charge on any atom is 0.253 e. The van der Waals surface area contributed by atoms with Crippen LogP contribution in [0.15, 0.2) is 77.1 Å². The average molecular weight is 542 g/mol. The van der Waals surface area contributed by atoms with Gasteiger partial charge >= 0.3 is 0 Å². The average Bonchev–Trinajstić information content (AvgIpc) is 3.57. The molecule has 0 saturated carbocycles. The number of halogens is 1. The van der Waals surface area contributed by atoms with Gasteiger partial charge < -0.3 is 10.1 Å². The molecule has 1 aliphatic rings. The van der Waals surface area contributed by atoms with E-state index in [0.717, 1.165) is 33.2 Å². The van der Waals surface area contributed by atoms with Gasteiger partial charge in [-0.25, -0.2) is 13.4 Å². The lowest BCUT2D eigenvalue weighted by atomic mass is 10.1. The molecule has 1 aliphatic heterocycles. The van der Waals surface area contributed by atoms with Crippen LogP contribution in [0.25, 0.3) is 10.8 Å². The lowest BCUT2D eigenvalue weighted by Gasteiger charge is -2.22. The summed E-state index contributed by atoms with van der Waals surface area (Å²) in [5.41, 5.74) is 1.89. The lowest BCUT2D eigenvalue weighted by molar-refractivity contribution is -0.124. The summed E-state index contributed by atoms with van der Waals surface area (Å²) in [7, 11) is -3.75. The molecule has 0 spiro atoms. The highest BCUT2D eigenvalue weighted by molar-refractivity contribution is 7.91. The highest BCUT2D eigenvalue weighted by Crippen LogP contribution is 2.32. The van der Waals surface area contributed by atoms with Crippen LogP contribution in [0.3, 0.4) is 0 Å². The number of rotatable bonds is 8. The fourth-order valence-corrected chi connectivity index (χ4v) is 7.47. The Hall–Kier alpha value is -2.98. The zero-order chi connectivity index (χ0) is 25.1. The largest absolute Gasteiger partial charge is 0.473 e. The quantitative estimate of drug-likeness (QED) is 0.339. The molecule has 1 atom stereocenters. The van der Waals surface area contributed by atoms with Crippen LogP contribution in [-0.2, 0) is 28.0 Å². The lowest BCUT2D eigenvalue weighted by Crippen LogP contribution is -2.45. The van der Waals surface area contributed by atoms with Gasteiger partial charge in [-0.15, -0.1) is 11.3 Å². The zero-order valence-electron chi connectivity index (χ0n) is 19.3. The number of benzene rings is 2. The number of nitrogens with one attached hydrogen (secondary N) is 1. The van der Waals surface area contributed by atoms with E-state index < -0.39 is 16.1 Å². The van der Waals surface area contributed by atoms with E-state index in [-0.39, 0.29) is 10.1 Å². The van der Waals surface area contributed by atoms with Crippen molar-refractivity contribution in [1.29, 1.82) is 0 Å². The number of aromatic nitrogens is 1. The maximum atomic E-state index is 13.0. The molecule has 1 saturated heterocycles. The molecule has 7 nitrogen and oxygen atoms in total. The number of carbonyl (C=O) groups is 1. The minimum atomic E-state index is -3.75. The van der Waals surface area contributed by atoms with Gasteiger partial charge in [-0.3, -0.25) is 4.79 Å². The Morgan fingerprint density at radius 1 is 1.08 bits per heavy atom. The molecule has 4 aromatic rings. The normalized spacial score (nSPS) is 16.3. The first-order chi connectivity index (χ1) is 17.4. The van der Waals surface area contributed by atoms with Gasteiger partial charge in [0.2, 0.25) is 11.8 Å². The highest BCUT2D eigenvalue weighted by Gasteiger charge is 2.39. The molecule has 5 rings (SSSR count). The first kappa shape index (κ1) is 24.7. The molecule has 2 aromatic carbocycles. The third-order valence-corrected chi connectivity index (χ3v) is 9.71. The van der Waals surface area contributed by atoms with Crippen LogP contribution in [0.4, 0.5) is 0 Å². The van der Waals surface area contributed by atoms with Crippen LogP contribution in [0.2, 0.25) is 4.34 Å². The van der Waals surface area contributed by atoms with Crippen molar-refractivity contribution < 1.29 is 17.9 Å². The molecule has 1 amide bonds. The van der Waals surface area contributed by atoms with Crippen molar-refractivity contribution in [2.45, 2.75) is 36.2 Å². The van der Waals surface area contributed by atoms with Gasteiger partial charge in [-0.1, -0.05) is 60.1 Å². The van der Waals surface area contributed by atoms with E-state index in [1.165, 1.54) is 10.4 Å². The number of pyridine rings is 1. The SMILES string of the molecule is O=C(NCc1ccc(COc2cc3ccccc3cn2)cc1)[C@@H]1CCCN1S(=O)(=O)c1ccc(Cl)s1. The van der Waals surface area contributed by atoms with E-state index >= 15 is 0 Å². The standard InChI is InChI=1S/C26H24ClN3O4S2/c27-23-11-12-25(35-23)36(32,33)30-13-3-6-22(30)26(31)29-15-18-7-9-19(10-8-18)17-34-24-14-20-4-1-2-5-21(20)16-28-24/h1-2,4-5,7-12,14,16,22H,3,6,13,15,17H2,(H,29,31)/t22-/m0/s1. The summed E-state index contributed by atoms with van der Waals surface area (Å²) >= 11 is 6.92. The van der Waals surface area contributed by atoms with Crippen LogP contribution in [-0.4, -0.2) is 36.2 Å². The van der Waals surface area contributed by atoms with E-state index in [1.807, 2.05) is 54.6 Å². The minimum Gasteiger partial charge on any atom is -0.473 e. The summed E-state index contributed by atoms with van der Waals surface area (Å²) in [6.45, 7) is 0.998. The molecule has 1 N–H and O–H groups in total. The molecule has 2 aromatic heterocycles. The van der Waals surface area contributed by atoms with Crippen LogP contribution >= 0.6 is 22.9 Å². The first-order valence-corrected chi connectivity index (χ1v) is 14.1. The number of sulfonamides is 1.